The van der Waals surface area contributed by atoms with E-state index in [1.165, 1.54) is 0 Å². The minimum atomic E-state index is -1.08. The minimum absolute atomic E-state index is 0.0449. The number of Topliss-reactive ketones (excluding diaryl/α,β-unsaturated/α-hetero) is 1. The van der Waals surface area contributed by atoms with Gasteiger partial charge in [-0.2, -0.15) is 0 Å². The lowest BCUT2D eigenvalue weighted by molar-refractivity contribution is -0.161. The Morgan fingerprint density at radius 3 is 2.77 bits per heavy atom. The number of aliphatic carboxylic acids is 1. The van der Waals surface area contributed by atoms with Crippen molar-refractivity contribution in [2.45, 2.75) is 49.8 Å². The summed E-state index contributed by atoms with van der Waals surface area (Å²) in [5.74, 6) is -2.09. The molecule has 1 aliphatic rings. The molecule has 0 radical (unpaired) electrons. The quantitative estimate of drug-likeness (QED) is 0.613. The Hall–Kier alpha value is -1.96. The van der Waals surface area contributed by atoms with Crippen molar-refractivity contribution in [3.05, 3.63) is 34.9 Å². The number of hydrogen-bond donors (Lipinski definition) is 3. The fourth-order valence-corrected chi connectivity index (χ4v) is 3.57. The number of ketones is 1. The van der Waals surface area contributed by atoms with Gasteiger partial charge in [0.2, 0.25) is 0 Å². The number of benzene rings is 1. The van der Waals surface area contributed by atoms with Crippen LogP contribution in [-0.2, 0) is 24.7 Å². The molecule has 0 unspecified atom stereocenters. The van der Waals surface area contributed by atoms with Gasteiger partial charge in [-0.3, -0.25) is 14.4 Å². The first-order valence-corrected chi connectivity index (χ1v) is 8.85. The fraction of sp³-hybridized carbons (Fsp3) is 0.500. The number of carbonyl (C=O) groups excluding carboxylic acids is 2. The molecule has 1 saturated carbocycles. The summed E-state index contributed by atoms with van der Waals surface area (Å²) in [6, 6.07) is 5.98. The average Bonchev–Trinajstić information content (AvgIpc) is 2.62. The predicted octanol–water partition coefficient (Wildman–Crippen LogP) is 1.61. The van der Waals surface area contributed by atoms with E-state index < -0.39 is 29.6 Å². The SMILES string of the molecule is CN[C@@]1(c2ccccc2Cl)CCC[C@H](OC(=O)[C@@H](N)CCC(=O)O)C1=O. The predicted molar refractivity (Wildman–Crippen MR) is 95.8 cm³/mol. The molecule has 0 bridgehead atoms. The first-order chi connectivity index (χ1) is 12.3. The van der Waals surface area contributed by atoms with E-state index in [0.29, 0.717) is 29.8 Å². The van der Waals surface area contributed by atoms with E-state index in [9.17, 15) is 14.4 Å². The van der Waals surface area contributed by atoms with Crippen LogP contribution in [0.25, 0.3) is 0 Å². The van der Waals surface area contributed by atoms with E-state index >= 15 is 0 Å². The van der Waals surface area contributed by atoms with Gasteiger partial charge in [0.05, 0.1) is 0 Å². The topological polar surface area (TPSA) is 119 Å². The summed E-state index contributed by atoms with van der Waals surface area (Å²) in [6.07, 6.45) is 0.344. The van der Waals surface area contributed by atoms with Gasteiger partial charge in [-0.05, 0) is 44.4 Å². The highest BCUT2D eigenvalue weighted by Crippen LogP contribution is 2.38. The molecule has 2 rings (SSSR count). The third-order valence-corrected chi connectivity index (χ3v) is 5.05. The first kappa shape index (κ1) is 20.4. The van der Waals surface area contributed by atoms with Gasteiger partial charge in [-0.15, -0.1) is 0 Å². The molecule has 8 heteroatoms. The summed E-state index contributed by atoms with van der Waals surface area (Å²) >= 11 is 6.29. The van der Waals surface area contributed by atoms with Crippen molar-refractivity contribution in [3.63, 3.8) is 0 Å². The van der Waals surface area contributed by atoms with Crippen molar-refractivity contribution in [1.29, 1.82) is 0 Å². The molecule has 1 fully saturated rings. The number of halogens is 1. The van der Waals surface area contributed by atoms with Crippen molar-refractivity contribution >= 4 is 29.3 Å². The molecule has 142 valence electrons. The maximum Gasteiger partial charge on any atom is 0.323 e. The molecule has 0 spiro atoms. The highest BCUT2D eigenvalue weighted by atomic mass is 35.5. The van der Waals surface area contributed by atoms with Crippen molar-refractivity contribution in [1.82, 2.24) is 5.32 Å². The fourth-order valence-electron chi connectivity index (χ4n) is 3.28. The summed E-state index contributed by atoms with van der Waals surface area (Å²) in [5.41, 5.74) is 5.29. The van der Waals surface area contributed by atoms with Gasteiger partial charge < -0.3 is 20.9 Å². The van der Waals surface area contributed by atoms with E-state index in [-0.39, 0.29) is 18.6 Å². The van der Waals surface area contributed by atoms with Crippen LogP contribution in [-0.4, -0.2) is 42.0 Å². The molecule has 0 amide bonds. The molecule has 0 saturated heterocycles. The standard InChI is InChI=1S/C18H23ClN2O5/c1-21-18(11-5-2-3-6-12(11)19)10-4-7-14(16(18)24)26-17(25)13(20)8-9-15(22)23/h2-3,5-6,13-14,21H,4,7-10,20H2,1H3,(H,22,23)/t13-,14-,18+/m0/s1. The molecule has 0 aromatic heterocycles. The second-order valence-corrected chi connectivity index (χ2v) is 6.76. The molecule has 26 heavy (non-hydrogen) atoms. The zero-order chi connectivity index (χ0) is 19.3. The smallest absolute Gasteiger partial charge is 0.323 e. The summed E-state index contributed by atoms with van der Waals surface area (Å²) < 4.78 is 5.33. The van der Waals surface area contributed by atoms with E-state index in [4.69, 9.17) is 27.2 Å². The van der Waals surface area contributed by atoms with Gasteiger partial charge in [0, 0.05) is 11.4 Å². The number of nitrogens with two attached hydrogens (primary N) is 1. The first-order valence-electron chi connectivity index (χ1n) is 8.48. The number of hydrogen-bond acceptors (Lipinski definition) is 6. The highest BCUT2D eigenvalue weighted by Gasteiger charge is 2.47. The third kappa shape index (κ3) is 4.23. The van der Waals surface area contributed by atoms with Gasteiger partial charge >= 0.3 is 11.9 Å². The van der Waals surface area contributed by atoms with Crippen LogP contribution in [0.2, 0.25) is 5.02 Å². The minimum Gasteiger partial charge on any atom is -0.481 e. The van der Waals surface area contributed by atoms with Crippen LogP contribution in [0, 0.1) is 0 Å². The molecular weight excluding hydrogens is 360 g/mol. The maximum atomic E-state index is 13.1. The van der Waals surface area contributed by atoms with Crippen molar-refractivity contribution < 1.29 is 24.2 Å². The van der Waals surface area contributed by atoms with E-state index in [0.717, 1.165) is 0 Å². The summed E-state index contributed by atoms with van der Waals surface area (Å²) in [7, 11) is 1.67. The molecule has 4 N–H and O–H groups in total. The lowest BCUT2D eigenvalue weighted by Gasteiger charge is -2.39. The van der Waals surface area contributed by atoms with Crippen LogP contribution in [0.5, 0.6) is 0 Å². The van der Waals surface area contributed by atoms with Crippen molar-refractivity contribution in [3.8, 4) is 0 Å². The summed E-state index contributed by atoms with van der Waals surface area (Å²) in [4.78, 5) is 35.9. The van der Waals surface area contributed by atoms with E-state index in [1.54, 1.807) is 31.3 Å². The number of carbonyl (C=O) groups is 3. The highest BCUT2D eigenvalue weighted by molar-refractivity contribution is 6.31. The number of esters is 1. The van der Waals surface area contributed by atoms with Crippen molar-refractivity contribution in [2.75, 3.05) is 7.05 Å². The van der Waals surface area contributed by atoms with Crippen molar-refractivity contribution in [2.24, 2.45) is 5.73 Å². The Labute approximate surface area is 156 Å². The van der Waals surface area contributed by atoms with Crippen LogP contribution < -0.4 is 11.1 Å². The number of likely N-dealkylation sites (N-methyl/N-ethyl adjacent to an activating group) is 1. The van der Waals surface area contributed by atoms with Crippen LogP contribution in [0.4, 0.5) is 0 Å². The zero-order valence-corrected chi connectivity index (χ0v) is 15.3. The molecule has 1 aromatic rings. The molecule has 0 aliphatic heterocycles. The van der Waals surface area contributed by atoms with Gasteiger partial charge in [-0.25, -0.2) is 0 Å². The zero-order valence-electron chi connectivity index (χ0n) is 14.5. The Balaban J connectivity index is 2.17. The van der Waals surface area contributed by atoms with Crippen LogP contribution in [0.1, 0.15) is 37.7 Å². The van der Waals surface area contributed by atoms with E-state index in [2.05, 4.69) is 5.32 Å². The lowest BCUT2D eigenvalue weighted by Crippen LogP contribution is -2.56. The van der Waals surface area contributed by atoms with Gasteiger partial charge in [0.25, 0.3) is 0 Å². The third-order valence-electron chi connectivity index (χ3n) is 4.72. The number of rotatable bonds is 7. The molecule has 1 aromatic carbocycles. The molecule has 7 nitrogen and oxygen atoms in total. The largest absolute Gasteiger partial charge is 0.481 e. The van der Waals surface area contributed by atoms with Gasteiger partial charge in [-0.1, -0.05) is 29.8 Å². The molecule has 1 aliphatic carbocycles. The summed E-state index contributed by atoms with van der Waals surface area (Å²) in [6.45, 7) is 0. The molecule has 3 atom stereocenters. The molecular formula is C18H23ClN2O5. The van der Waals surface area contributed by atoms with Crippen LogP contribution >= 0.6 is 11.6 Å². The number of ether oxygens (including phenoxy) is 1. The number of nitrogens with one attached hydrogen (secondary N) is 1. The maximum absolute atomic E-state index is 13.1. The monoisotopic (exact) mass is 382 g/mol. The summed E-state index contributed by atoms with van der Waals surface area (Å²) in [5, 5.41) is 12.2. The van der Waals surface area contributed by atoms with Crippen LogP contribution in [0.15, 0.2) is 24.3 Å². The lowest BCUT2D eigenvalue weighted by atomic mass is 9.74. The number of carboxylic acids is 1. The average molecular weight is 383 g/mol. The number of carboxylic acid groups (broad SMARTS) is 1. The second kappa shape index (κ2) is 8.62. The van der Waals surface area contributed by atoms with Gasteiger partial charge in [0.15, 0.2) is 11.9 Å². The molecule has 0 heterocycles. The van der Waals surface area contributed by atoms with Gasteiger partial charge in [0.1, 0.15) is 11.6 Å². The van der Waals surface area contributed by atoms with Crippen LogP contribution in [0.3, 0.4) is 0 Å². The normalized spacial score (nSPS) is 24.1. The Morgan fingerprint density at radius 1 is 1.46 bits per heavy atom. The second-order valence-electron chi connectivity index (χ2n) is 6.36. The Kier molecular flexibility index (Phi) is 6.75. The van der Waals surface area contributed by atoms with E-state index in [1.807, 2.05) is 0 Å². The Morgan fingerprint density at radius 2 is 2.15 bits per heavy atom. The Bertz CT molecular complexity index is 696.